The minimum atomic E-state index is -2.46. The van der Waals surface area contributed by atoms with Gasteiger partial charge in [-0.25, -0.2) is 4.79 Å². The third-order valence-corrected chi connectivity index (χ3v) is 11.7. The van der Waals surface area contributed by atoms with Gasteiger partial charge < -0.3 is 24.7 Å². The third kappa shape index (κ3) is 3.34. The van der Waals surface area contributed by atoms with Crippen molar-refractivity contribution in [3.63, 3.8) is 0 Å². The number of ether oxygens (including phenoxy) is 1. The number of esters is 1. The lowest BCUT2D eigenvalue weighted by Crippen LogP contribution is -2.57. The summed E-state index contributed by atoms with van der Waals surface area (Å²) >= 11 is 0. The van der Waals surface area contributed by atoms with Gasteiger partial charge in [-0.15, -0.1) is 10.0 Å². The van der Waals surface area contributed by atoms with Crippen LogP contribution in [-0.4, -0.2) is 78.4 Å². The van der Waals surface area contributed by atoms with Gasteiger partial charge in [-0.3, -0.25) is 9.59 Å². The number of hydrogen-bond donors (Lipinski definition) is 2. The van der Waals surface area contributed by atoms with Gasteiger partial charge in [-0.05, 0) is 32.3 Å². The van der Waals surface area contributed by atoms with Crippen LogP contribution in [0.1, 0.15) is 38.7 Å². The number of benzene rings is 1. The molecule has 0 spiro atoms. The molecular weight excluding hydrogens is 420 g/mol. The van der Waals surface area contributed by atoms with Gasteiger partial charge in [0.05, 0.1) is 23.8 Å². The van der Waals surface area contributed by atoms with Crippen LogP contribution in [0.2, 0.25) is 0 Å². The predicted molar refractivity (Wildman–Crippen MR) is 116 cm³/mol. The zero-order valence-corrected chi connectivity index (χ0v) is 18.7. The van der Waals surface area contributed by atoms with Crippen LogP contribution in [0, 0.1) is 0 Å². The summed E-state index contributed by atoms with van der Waals surface area (Å²) in [7, 11) is -2.46. The number of amides is 2. The smallest absolute Gasteiger partial charge is 0.330 e. The number of hydrogen-bond acceptors (Lipinski definition) is 6. The second-order valence-corrected chi connectivity index (χ2v) is 12.8. The van der Waals surface area contributed by atoms with Gasteiger partial charge in [0.1, 0.15) is 12.6 Å². The Morgan fingerprint density at radius 1 is 1.19 bits per heavy atom. The minimum Gasteiger partial charge on any atom is -0.459 e. The minimum absolute atomic E-state index is 0.0817. The average Bonchev–Trinajstić information content (AvgIpc) is 2.93. The van der Waals surface area contributed by atoms with E-state index in [2.05, 4.69) is 0 Å². The van der Waals surface area contributed by atoms with Crippen molar-refractivity contribution in [3.05, 3.63) is 35.9 Å². The van der Waals surface area contributed by atoms with Crippen LogP contribution in [-0.2, 0) is 20.9 Å². The second-order valence-electron chi connectivity index (χ2n) is 8.97. The van der Waals surface area contributed by atoms with Crippen LogP contribution in [0.15, 0.2) is 30.3 Å². The lowest BCUT2D eigenvalue weighted by atomic mass is 9.98. The second kappa shape index (κ2) is 8.11. The van der Waals surface area contributed by atoms with Crippen molar-refractivity contribution in [2.45, 2.75) is 62.0 Å². The summed E-state index contributed by atoms with van der Waals surface area (Å²) in [6.45, 7) is 4.51. The molecule has 9 heteroatoms. The molecule has 2 amide bonds. The first-order valence-corrected chi connectivity index (χ1v) is 12.5. The maximum absolute atomic E-state index is 13.8. The molecule has 0 bridgehead atoms. The molecule has 3 aliphatic rings. The van der Waals surface area contributed by atoms with E-state index in [0.717, 1.165) is 5.56 Å². The number of aliphatic hydroxyl groups excluding tert-OH is 2. The summed E-state index contributed by atoms with van der Waals surface area (Å²) in [5, 5.41) is 19.7. The Morgan fingerprint density at radius 3 is 2.42 bits per heavy atom. The molecule has 2 N–H and O–H groups in total. The fourth-order valence-electron chi connectivity index (χ4n) is 5.07. The van der Waals surface area contributed by atoms with Crippen molar-refractivity contribution >= 4 is 27.1 Å². The average molecular weight is 451 g/mol. The molecule has 1 aromatic rings. The standard InChI is InChI=1S/C22H30N2O6S/c1-22(2)19(20(28)30-13-15-6-4-3-5-7-15)24-17(27)12-18(24)31(22,14-25)21(29)23-10-8-16(26)9-11-23/h3-7,16,18-19,25-26H,8-14H2,1-2H3/t18-,19+/m1/s1. The molecule has 0 aromatic heterocycles. The topological polar surface area (TPSA) is 107 Å². The number of carbonyl (C=O) groups is 3. The third-order valence-electron chi connectivity index (χ3n) is 6.97. The highest BCUT2D eigenvalue weighted by molar-refractivity contribution is 8.46. The molecule has 0 saturated carbocycles. The van der Waals surface area contributed by atoms with Gasteiger partial charge in [0.2, 0.25) is 5.91 Å². The maximum atomic E-state index is 13.8. The Bertz CT molecular complexity index is 870. The van der Waals surface area contributed by atoms with Crippen LogP contribution in [0.5, 0.6) is 0 Å². The summed E-state index contributed by atoms with van der Waals surface area (Å²) in [5.74, 6) is -1.12. The lowest BCUT2D eigenvalue weighted by molar-refractivity contribution is -0.162. The fourth-order valence-corrected chi connectivity index (χ4v) is 9.37. The van der Waals surface area contributed by atoms with Crippen LogP contribution < -0.4 is 0 Å². The van der Waals surface area contributed by atoms with Crippen molar-refractivity contribution in [1.82, 2.24) is 9.80 Å². The van der Waals surface area contributed by atoms with E-state index in [1.807, 2.05) is 30.3 Å². The van der Waals surface area contributed by atoms with E-state index in [-0.39, 0.29) is 30.1 Å². The van der Waals surface area contributed by atoms with Gasteiger partial charge in [0, 0.05) is 17.8 Å². The van der Waals surface area contributed by atoms with Gasteiger partial charge in [0.15, 0.2) is 0 Å². The van der Waals surface area contributed by atoms with Gasteiger partial charge in [-0.2, -0.15) is 0 Å². The summed E-state index contributed by atoms with van der Waals surface area (Å²) < 4.78 is 4.62. The number of rotatable bonds is 4. The highest BCUT2D eigenvalue weighted by Gasteiger charge is 2.72. The first-order chi connectivity index (χ1) is 14.7. The monoisotopic (exact) mass is 450 g/mol. The Hall–Kier alpha value is -2.10. The first-order valence-electron chi connectivity index (χ1n) is 10.6. The first kappa shape index (κ1) is 22.1. The Morgan fingerprint density at radius 2 is 1.84 bits per heavy atom. The molecule has 3 aliphatic heterocycles. The number of aliphatic hydroxyl groups is 2. The zero-order valence-electron chi connectivity index (χ0n) is 17.9. The van der Waals surface area contributed by atoms with Crippen molar-refractivity contribution in [2.75, 3.05) is 19.0 Å². The van der Waals surface area contributed by atoms with Gasteiger partial charge in [-0.1, -0.05) is 30.3 Å². The van der Waals surface area contributed by atoms with Crippen LogP contribution in [0.25, 0.3) is 0 Å². The molecule has 3 saturated heterocycles. The molecule has 170 valence electrons. The van der Waals surface area contributed by atoms with Crippen LogP contribution >= 0.6 is 10.0 Å². The molecule has 0 radical (unpaired) electrons. The summed E-state index contributed by atoms with van der Waals surface area (Å²) in [6.07, 6.45) is 0.707. The fraction of sp³-hybridized carbons (Fsp3) is 0.591. The number of nitrogens with zero attached hydrogens (tertiary/aromatic N) is 2. The highest BCUT2D eigenvalue weighted by atomic mass is 32.3. The molecule has 31 heavy (non-hydrogen) atoms. The number of carbonyl (C=O) groups excluding carboxylic acids is 3. The molecule has 8 nitrogen and oxygen atoms in total. The van der Waals surface area contributed by atoms with Crippen molar-refractivity contribution in [2.24, 2.45) is 0 Å². The van der Waals surface area contributed by atoms with Crippen LogP contribution in [0.4, 0.5) is 4.79 Å². The molecule has 3 fully saturated rings. The molecule has 1 aromatic carbocycles. The molecule has 3 atom stereocenters. The largest absolute Gasteiger partial charge is 0.459 e. The maximum Gasteiger partial charge on any atom is 0.330 e. The van der Waals surface area contributed by atoms with E-state index in [1.54, 1.807) is 18.7 Å². The quantitative estimate of drug-likeness (QED) is 0.535. The van der Waals surface area contributed by atoms with Gasteiger partial charge >= 0.3 is 5.97 Å². The number of β-lactam (4-membered cyclic amide) rings is 1. The van der Waals surface area contributed by atoms with E-state index >= 15 is 0 Å². The van der Waals surface area contributed by atoms with E-state index in [9.17, 15) is 24.6 Å². The van der Waals surface area contributed by atoms with Crippen molar-refractivity contribution < 1.29 is 29.3 Å². The zero-order chi connectivity index (χ0) is 22.4. The number of likely N-dealkylation sites (tertiary alicyclic amines) is 1. The van der Waals surface area contributed by atoms with E-state index in [4.69, 9.17) is 4.74 Å². The van der Waals surface area contributed by atoms with Crippen molar-refractivity contribution in [3.8, 4) is 0 Å². The SMILES string of the molecule is CC1(C)[C@H](C(=O)OCc2ccccc2)N2C(=O)C[C@H]2S1(CO)C(=O)N1CCC(O)CC1. The van der Waals surface area contributed by atoms with E-state index in [0.29, 0.717) is 25.9 Å². The normalized spacial score (nSPS) is 32.1. The molecule has 3 heterocycles. The van der Waals surface area contributed by atoms with Gasteiger partial charge in [0.25, 0.3) is 5.24 Å². The van der Waals surface area contributed by atoms with E-state index in [1.165, 1.54) is 4.90 Å². The van der Waals surface area contributed by atoms with Crippen LogP contribution in [0.3, 0.4) is 0 Å². The number of piperidine rings is 1. The lowest BCUT2D eigenvalue weighted by Gasteiger charge is -2.51. The van der Waals surface area contributed by atoms with E-state index < -0.39 is 38.3 Å². The highest BCUT2D eigenvalue weighted by Crippen LogP contribution is 2.74. The number of fused-ring (bicyclic) bond motifs is 1. The molecule has 0 aliphatic carbocycles. The van der Waals surface area contributed by atoms with Crippen molar-refractivity contribution in [1.29, 1.82) is 0 Å². The summed E-state index contributed by atoms with van der Waals surface area (Å²) in [5.41, 5.74) is 0.835. The Labute approximate surface area is 183 Å². The Kier molecular flexibility index (Phi) is 5.78. The summed E-state index contributed by atoms with van der Waals surface area (Å²) in [6, 6.07) is 8.37. The Balaban J connectivity index is 1.61. The summed E-state index contributed by atoms with van der Waals surface area (Å²) in [4.78, 5) is 42.6. The predicted octanol–water partition coefficient (Wildman–Crippen LogP) is 1.78. The molecule has 1 unspecified atom stereocenters. The molecule has 4 rings (SSSR count). The molecular formula is C22H30N2O6S.